The van der Waals surface area contributed by atoms with Crippen LogP contribution in [0.3, 0.4) is 0 Å². The number of rotatable bonds is 12. The second-order valence-corrected chi connectivity index (χ2v) is 11.7. The lowest BCUT2D eigenvalue weighted by molar-refractivity contribution is -0.134. The first-order valence-electron chi connectivity index (χ1n) is 12.8. The van der Waals surface area contributed by atoms with Gasteiger partial charge in [-0.25, -0.2) is 14.8 Å². The van der Waals surface area contributed by atoms with Crippen molar-refractivity contribution in [2.75, 3.05) is 36.6 Å². The fraction of sp³-hybridized carbons (Fsp3) is 0.357. The van der Waals surface area contributed by atoms with Crippen molar-refractivity contribution < 1.29 is 13.7 Å². The first kappa shape index (κ1) is 27.3. The molecule has 2 atom stereocenters. The highest BCUT2D eigenvalue weighted by molar-refractivity contribution is 8.01. The molecule has 0 saturated heterocycles. The first-order valence-corrected chi connectivity index (χ1v) is 14.8. The predicted molar refractivity (Wildman–Crippen MR) is 156 cm³/mol. The molecule has 0 amide bonds. The topological polar surface area (TPSA) is 118 Å². The van der Waals surface area contributed by atoms with Gasteiger partial charge >= 0.3 is 5.97 Å². The Morgan fingerprint density at radius 2 is 2.08 bits per heavy atom. The summed E-state index contributed by atoms with van der Waals surface area (Å²) in [6, 6.07) is 7.05. The van der Waals surface area contributed by atoms with Crippen LogP contribution < -0.4 is 10.6 Å². The van der Waals surface area contributed by atoms with E-state index in [2.05, 4.69) is 37.8 Å². The van der Waals surface area contributed by atoms with Crippen molar-refractivity contribution in [2.24, 2.45) is 15.9 Å². The average molecular weight is 535 g/mol. The van der Waals surface area contributed by atoms with Crippen molar-refractivity contribution >= 4 is 56.4 Å². The smallest absolute Gasteiger partial charge is 0.339 e. The van der Waals surface area contributed by atoms with Crippen LogP contribution in [-0.2, 0) is 19.1 Å². The molecule has 2 heterocycles. The summed E-state index contributed by atoms with van der Waals surface area (Å²) < 4.78 is 17.9. The van der Waals surface area contributed by atoms with Gasteiger partial charge in [0.05, 0.1) is 12.0 Å². The van der Waals surface area contributed by atoms with Gasteiger partial charge in [0.2, 0.25) is 5.95 Å². The van der Waals surface area contributed by atoms with Gasteiger partial charge in [0.15, 0.2) is 0 Å². The molecule has 0 bridgehead atoms. The molecule has 0 saturated carbocycles. The van der Waals surface area contributed by atoms with Gasteiger partial charge in [-0.3, -0.25) is 9.20 Å². The van der Waals surface area contributed by atoms with E-state index in [-0.39, 0.29) is 6.61 Å². The summed E-state index contributed by atoms with van der Waals surface area (Å²) in [6.07, 6.45) is 17.2. The molecule has 2 aromatic rings. The van der Waals surface area contributed by atoms with Crippen molar-refractivity contribution in [1.82, 2.24) is 9.97 Å². The van der Waals surface area contributed by atoms with Crippen molar-refractivity contribution in [3.05, 3.63) is 54.3 Å². The molecule has 200 valence electrons. The van der Waals surface area contributed by atoms with Crippen LogP contribution >= 0.6 is 0 Å². The number of unbranched alkanes of at least 4 members (excludes halogenated alkanes) is 1. The third kappa shape index (κ3) is 7.61. The number of benzene rings is 1. The fourth-order valence-corrected chi connectivity index (χ4v) is 5.41. The van der Waals surface area contributed by atoms with E-state index in [1.54, 1.807) is 37.5 Å². The zero-order valence-corrected chi connectivity index (χ0v) is 22.6. The van der Waals surface area contributed by atoms with Crippen molar-refractivity contribution in [3.63, 3.8) is 0 Å². The third-order valence-electron chi connectivity index (χ3n) is 6.17. The quantitative estimate of drug-likeness (QED) is 0.234. The van der Waals surface area contributed by atoms with Gasteiger partial charge in [-0.1, -0.05) is 24.6 Å². The number of aromatic nitrogens is 2. The van der Waals surface area contributed by atoms with Crippen molar-refractivity contribution in [2.45, 2.75) is 37.5 Å². The number of carbonyl (C=O) groups excluding carboxylic acids is 1. The number of aliphatic imine (C=N–C) groups is 2. The Morgan fingerprint density at radius 1 is 1.24 bits per heavy atom. The van der Waals surface area contributed by atoms with E-state index in [0.717, 1.165) is 61.2 Å². The summed E-state index contributed by atoms with van der Waals surface area (Å²) in [4.78, 5) is 30.0. The van der Waals surface area contributed by atoms with E-state index in [1.807, 2.05) is 18.5 Å². The number of esters is 1. The van der Waals surface area contributed by atoms with Crippen LogP contribution in [0.2, 0.25) is 0 Å². The predicted octanol–water partition coefficient (Wildman–Crippen LogP) is 4.51. The van der Waals surface area contributed by atoms with Gasteiger partial charge in [0.1, 0.15) is 12.2 Å². The lowest BCUT2D eigenvalue weighted by Crippen LogP contribution is -2.13. The minimum absolute atomic E-state index is 0.239. The molecule has 0 fully saturated rings. The highest BCUT2D eigenvalue weighted by Gasteiger charge is 2.14. The summed E-state index contributed by atoms with van der Waals surface area (Å²) in [5.41, 5.74) is 2.91. The van der Waals surface area contributed by atoms with Crippen LogP contribution in [0.5, 0.6) is 0 Å². The normalized spacial score (nSPS) is 17.5. The second-order valence-electron chi connectivity index (χ2n) is 9.16. The molecule has 1 aromatic carbocycles. The Labute approximate surface area is 224 Å². The fourth-order valence-electron chi connectivity index (χ4n) is 4.17. The van der Waals surface area contributed by atoms with Crippen molar-refractivity contribution in [1.29, 1.82) is 0 Å². The maximum absolute atomic E-state index is 13.0. The Kier molecular flexibility index (Phi) is 9.42. The molecule has 38 heavy (non-hydrogen) atoms. The molecule has 1 aromatic heterocycles. The molecule has 0 radical (unpaired) electrons. The number of allylic oxidation sites excluding steroid dienone is 4. The number of carbonyl (C=O) groups is 1. The maximum atomic E-state index is 13.0. The number of ether oxygens (including phenoxy) is 1. The number of hydrogen-bond acceptors (Lipinski definition) is 9. The van der Waals surface area contributed by atoms with E-state index in [1.165, 1.54) is 11.8 Å². The Morgan fingerprint density at radius 3 is 2.79 bits per heavy atom. The van der Waals surface area contributed by atoms with E-state index in [0.29, 0.717) is 16.8 Å². The highest BCUT2D eigenvalue weighted by atomic mass is 32.2. The van der Waals surface area contributed by atoms with Crippen LogP contribution in [-0.4, -0.2) is 64.0 Å². The Hall–Kier alpha value is -3.79. The van der Waals surface area contributed by atoms with Crippen molar-refractivity contribution in [3.8, 4) is 0 Å². The molecule has 1 aliphatic heterocycles. The van der Waals surface area contributed by atoms with Crippen LogP contribution in [0.4, 0.5) is 17.5 Å². The maximum Gasteiger partial charge on any atom is 0.339 e. The third-order valence-corrected chi connectivity index (χ3v) is 8.02. The Bertz CT molecular complexity index is 1370. The number of hydrogen-bond donors (Lipinski definition) is 2. The van der Waals surface area contributed by atoms with Gasteiger partial charge in [0.25, 0.3) is 0 Å². The Balaban J connectivity index is 1.41. The van der Waals surface area contributed by atoms with Crippen LogP contribution in [0.15, 0.2) is 63.6 Å². The van der Waals surface area contributed by atoms with Crippen LogP contribution in [0.1, 0.15) is 38.2 Å². The molecular formula is C28H34N6O3S. The molecule has 4 rings (SSSR count). The van der Waals surface area contributed by atoms with E-state index in [4.69, 9.17) is 9.72 Å². The molecule has 9 nitrogen and oxygen atoms in total. The SMILES string of the molecule is CCOC(=O)C=S(C)(=O)c1ccc(Nc2ncc(C3=CC=CC3)c(NCCCCC3C=NC=NC3)n2)cc1. The monoisotopic (exact) mass is 534 g/mol. The number of nitrogens with zero attached hydrogens (tertiary/aromatic N) is 4. The molecule has 1 aliphatic carbocycles. The summed E-state index contributed by atoms with van der Waals surface area (Å²) in [5.74, 6) is 1.09. The van der Waals surface area contributed by atoms with E-state index < -0.39 is 15.5 Å². The second kappa shape index (κ2) is 13.1. The standard InChI is InChI=1S/C28H34N6O3S/c1-3-37-26(35)19-38(2,36)24-13-11-23(12-14-24)33-28-32-18-25(22-9-4-5-10-22)27(34-28)31-15-7-6-8-21-16-29-20-30-17-21/h4-5,9,11-14,16,18-21H,3,6-8,10,15,17H2,1-2H3,(H2,31,32,33,34). The first-order chi connectivity index (χ1) is 18.4. The zero-order valence-electron chi connectivity index (χ0n) is 21.8. The average Bonchev–Trinajstić information content (AvgIpc) is 3.44. The van der Waals surface area contributed by atoms with E-state index in [9.17, 15) is 9.00 Å². The summed E-state index contributed by atoms with van der Waals surface area (Å²) in [6.45, 7) is 3.57. The van der Waals surface area contributed by atoms with Crippen LogP contribution in [0, 0.1) is 5.92 Å². The summed E-state index contributed by atoms with van der Waals surface area (Å²) in [5, 5.41) is 7.87. The van der Waals surface area contributed by atoms with Gasteiger partial charge in [0, 0.05) is 63.3 Å². The van der Waals surface area contributed by atoms with E-state index >= 15 is 0 Å². The largest absolute Gasteiger partial charge is 0.462 e. The number of nitrogens with one attached hydrogen (secondary N) is 2. The lowest BCUT2D eigenvalue weighted by atomic mass is 10.0. The van der Waals surface area contributed by atoms with Gasteiger partial charge < -0.3 is 15.4 Å². The molecule has 2 unspecified atom stereocenters. The molecule has 2 N–H and O–H groups in total. The molecule has 0 spiro atoms. The lowest BCUT2D eigenvalue weighted by Gasteiger charge is -2.15. The van der Waals surface area contributed by atoms with Crippen LogP contribution in [0.25, 0.3) is 5.57 Å². The highest BCUT2D eigenvalue weighted by Crippen LogP contribution is 2.29. The minimum Gasteiger partial charge on any atom is -0.462 e. The van der Waals surface area contributed by atoms with Gasteiger partial charge in [-0.2, -0.15) is 4.98 Å². The zero-order chi connectivity index (χ0) is 26.8. The number of anilines is 3. The summed E-state index contributed by atoms with van der Waals surface area (Å²) >= 11 is 0. The molecule has 2 aliphatic rings. The van der Waals surface area contributed by atoms with Gasteiger partial charge in [-0.15, -0.1) is 0 Å². The molecular weight excluding hydrogens is 500 g/mol. The summed E-state index contributed by atoms with van der Waals surface area (Å²) in [7, 11) is -2.66. The minimum atomic E-state index is -2.66. The van der Waals surface area contributed by atoms with Gasteiger partial charge in [-0.05, 0) is 56.0 Å². The molecule has 10 heteroatoms.